The molecular weight excluding hydrogens is 223 g/mol. The van der Waals surface area contributed by atoms with Crippen molar-refractivity contribution in [3.8, 4) is 16.9 Å². The van der Waals surface area contributed by atoms with Crippen LogP contribution in [0.5, 0.6) is 5.75 Å². The summed E-state index contributed by atoms with van der Waals surface area (Å²) in [4.78, 5) is 11.8. The first-order valence-corrected chi connectivity index (χ1v) is 4.99. The van der Waals surface area contributed by atoms with E-state index in [-0.39, 0.29) is 17.1 Å². The molecule has 0 fully saturated rings. The van der Waals surface area contributed by atoms with Gasteiger partial charge in [0.2, 0.25) is 0 Å². The molecule has 1 aromatic heterocycles. The molecule has 1 heterocycles. The molecule has 2 rings (SSSR count). The van der Waals surface area contributed by atoms with E-state index < -0.39 is 0 Å². The van der Waals surface area contributed by atoms with Gasteiger partial charge in [0, 0.05) is 12.6 Å². The van der Waals surface area contributed by atoms with E-state index >= 15 is 0 Å². The molecule has 17 heavy (non-hydrogen) atoms. The van der Waals surface area contributed by atoms with Crippen molar-refractivity contribution in [1.29, 1.82) is 0 Å². The Labute approximate surface area is 97.3 Å². The van der Waals surface area contributed by atoms with Gasteiger partial charge in [-0.05, 0) is 17.7 Å². The number of hydrogen-bond donors (Lipinski definition) is 0. The highest BCUT2D eigenvalue weighted by Gasteiger charge is 2.11. The van der Waals surface area contributed by atoms with Crippen LogP contribution in [0.15, 0.2) is 35.3 Å². The van der Waals surface area contributed by atoms with Gasteiger partial charge in [0.15, 0.2) is 5.75 Å². The summed E-state index contributed by atoms with van der Waals surface area (Å²) in [5.74, 6) is -0.126. The topological polar surface area (TPSA) is 44.1 Å². The molecular formula is C12H11FN2O2. The molecule has 0 N–H and O–H groups in total. The van der Waals surface area contributed by atoms with Gasteiger partial charge in [-0.3, -0.25) is 4.79 Å². The summed E-state index contributed by atoms with van der Waals surface area (Å²) in [6, 6.07) is 5.81. The van der Waals surface area contributed by atoms with Crippen LogP contribution in [-0.4, -0.2) is 16.9 Å². The molecule has 5 heteroatoms. The molecule has 1 aromatic carbocycles. The lowest BCUT2D eigenvalue weighted by atomic mass is 10.1. The van der Waals surface area contributed by atoms with Crippen LogP contribution in [0.2, 0.25) is 0 Å². The van der Waals surface area contributed by atoms with Crippen LogP contribution in [0, 0.1) is 5.82 Å². The second kappa shape index (κ2) is 4.37. The molecule has 0 aliphatic rings. The number of benzene rings is 1. The summed E-state index contributed by atoms with van der Waals surface area (Å²) in [6.45, 7) is 0. The predicted octanol–water partition coefficient (Wildman–Crippen LogP) is 1.59. The third kappa shape index (κ3) is 2.04. The molecule has 0 amide bonds. The summed E-state index contributed by atoms with van der Waals surface area (Å²) in [6.07, 6.45) is 1.52. The SMILES string of the molecule is COc1c(-c2ccc(F)cc2)cnn(C)c1=O. The molecule has 0 spiro atoms. The molecule has 0 saturated carbocycles. The highest BCUT2D eigenvalue weighted by atomic mass is 19.1. The number of aryl methyl sites for hydroxylation is 1. The highest BCUT2D eigenvalue weighted by molar-refractivity contribution is 5.68. The van der Waals surface area contributed by atoms with E-state index in [1.165, 1.54) is 30.1 Å². The molecule has 88 valence electrons. The fourth-order valence-electron chi connectivity index (χ4n) is 1.55. The van der Waals surface area contributed by atoms with E-state index in [0.717, 1.165) is 0 Å². The van der Waals surface area contributed by atoms with Crippen LogP contribution >= 0.6 is 0 Å². The van der Waals surface area contributed by atoms with Crippen LogP contribution < -0.4 is 10.3 Å². The lowest BCUT2D eigenvalue weighted by Crippen LogP contribution is -2.21. The summed E-state index contributed by atoms with van der Waals surface area (Å²) < 4.78 is 19.1. The van der Waals surface area contributed by atoms with Gasteiger partial charge < -0.3 is 4.74 Å². The second-order valence-electron chi connectivity index (χ2n) is 3.53. The first-order valence-electron chi connectivity index (χ1n) is 4.99. The van der Waals surface area contributed by atoms with Gasteiger partial charge >= 0.3 is 5.56 Å². The Morgan fingerprint density at radius 2 is 1.94 bits per heavy atom. The highest BCUT2D eigenvalue weighted by Crippen LogP contribution is 2.25. The zero-order valence-electron chi connectivity index (χ0n) is 9.48. The molecule has 0 bridgehead atoms. The minimum absolute atomic E-state index is 0.203. The maximum absolute atomic E-state index is 12.8. The Kier molecular flexibility index (Phi) is 2.91. The standard InChI is InChI=1S/C12H11FN2O2/c1-15-12(16)11(17-2)10(7-14-15)8-3-5-9(13)6-4-8/h3-7H,1-2H3. The van der Waals surface area contributed by atoms with Crippen LogP contribution in [0.25, 0.3) is 11.1 Å². The van der Waals surface area contributed by atoms with Gasteiger partial charge in [-0.2, -0.15) is 5.10 Å². The first kappa shape index (κ1) is 11.3. The van der Waals surface area contributed by atoms with E-state index in [9.17, 15) is 9.18 Å². The Morgan fingerprint density at radius 3 is 2.53 bits per heavy atom. The third-order valence-corrected chi connectivity index (χ3v) is 2.45. The van der Waals surface area contributed by atoms with Crippen molar-refractivity contribution in [3.05, 3.63) is 46.6 Å². The maximum Gasteiger partial charge on any atom is 0.309 e. The van der Waals surface area contributed by atoms with Crippen molar-refractivity contribution in [2.24, 2.45) is 7.05 Å². The third-order valence-electron chi connectivity index (χ3n) is 2.45. The molecule has 0 saturated heterocycles. The largest absolute Gasteiger partial charge is 0.491 e. The number of hydrogen-bond acceptors (Lipinski definition) is 3. The maximum atomic E-state index is 12.8. The molecule has 4 nitrogen and oxygen atoms in total. The quantitative estimate of drug-likeness (QED) is 0.792. The van der Waals surface area contributed by atoms with Crippen molar-refractivity contribution >= 4 is 0 Å². The summed E-state index contributed by atoms with van der Waals surface area (Å²) in [7, 11) is 2.96. The van der Waals surface area contributed by atoms with Crippen LogP contribution in [0.1, 0.15) is 0 Å². The van der Waals surface area contributed by atoms with Gasteiger partial charge in [-0.1, -0.05) is 12.1 Å². The number of methoxy groups -OCH3 is 1. The Hall–Kier alpha value is -2.17. The minimum Gasteiger partial charge on any atom is -0.491 e. The smallest absolute Gasteiger partial charge is 0.309 e. The summed E-state index contributed by atoms with van der Waals surface area (Å²) in [5, 5.41) is 3.92. The van der Waals surface area contributed by atoms with Crippen molar-refractivity contribution in [1.82, 2.24) is 9.78 Å². The number of halogens is 1. The number of aromatic nitrogens is 2. The first-order chi connectivity index (χ1) is 8.13. The van der Waals surface area contributed by atoms with Gasteiger partial charge in [-0.15, -0.1) is 0 Å². The van der Waals surface area contributed by atoms with Crippen molar-refractivity contribution in [3.63, 3.8) is 0 Å². The van der Waals surface area contributed by atoms with Crippen LogP contribution in [0.3, 0.4) is 0 Å². The zero-order valence-corrected chi connectivity index (χ0v) is 9.48. The fourth-order valence-corrected chi connectivity index (χ4v) is 1.55. The van der Waals surface area contributed by atoms with Gasteiger partial charge in [0.05, 0.1) is 13.3 Å². The molecule has 0 aliphatic heterocycles. The lowest BCUT2D eigenvalue weighted by molar-refractivity contribution is 0.402. The van der Waals surface area contributed by atoms with Crippen LogP contribution in [0.4, 0.5) is 4.39 Å². The fraction of sp³-hybridized carbons (Fsp3) is 0.167. The average Bonchev–Trinajstić information content (AvgIpc) is 2.34. The summed E-state index contributed by atoms with van der Waals surface area (Å²) >= 11 is 0. The monoisotopic (exact) mass is 234 g/mol. The van der Waals surface area contributed by atoms with E-state index in [4.69, 9.17) is 4.74 Å². The Bertz CT molecular complexity index is 590. The predicted molar refractivity (Wildman–Crippen MR) is 61.4 cm³/mol. The molecule has 0 aliphatic carbocycles. The van der Waals surface area contributed by atoms with Crippen molar-refractivity contribution in [2.45, 2.75) is 0 Å². The zero-order chi connectivity index (χ0) is 12.4. The number of ether oxygens (including phenoxy) is 1. The lowest BCUT2D eigenvalue weighted by Gasteiger charge is -2.08. The number of nitrogens with zero attached hydrogens (tertiary/aromatic N) is 2. The van der Waals surface area contributed by atoms with E-state index in [1.54, 1.807) is 19.2 Å². The van der Waals surface area contributed by atoms with Crippen molar-refractivity contribution < 1.29 is 9.13 Å². The van der Waals surface area contributed by atoms with Gasteiger partial charge in [0.25, 0.3) is 0 Å². The van der Waals surface area contributed by atoms with Crippen LogP contribution in [-0.2, 0) is 7.05 Å². The number of rotatable bonds is 2. The van der Waals surface area contributed by atoms with Crippen molar-refractivity contribution in [2.75, 3.05) is 7.11 Å². The van der Waals surface area contributed by atoms with E-state index in [2.05, 4.69) is 5.10 Å². The van der Waals surface area contributed by atoms with E-state index in [0.29, 0.717) is 11.1 Å². The van der Waals surface area contributed by atoms with E-state index in [1.807, 2.05) is 0 Å². The molecule has 2 aromatic rings. The Balaban J connectivity index is 2.63. The summed E-state index contributed by atoms with van der Waals surface area (Å²) in [5.41, 5.74) is 0.915. The molecule has 0 atom stereocenters. The second-order valence-corrected chi connectivity index (χ2v) is 3.53. The Morgan fingerprint density at radius 1 is 1.29 bits per heavy atom. The molecule has 0 radical (unpaired) electrons. The minimum atomic E-state index is -0.329. The molecule has 0 unspecified atom stereocenters. The van der Waals surface area contributed by atoms with Gasteiger partial charge in [-0.25, -0.2) is 9.07 Å². The normalized spacial score (nSPS) is 10.3. The van der Waals surface area contributed by atoms with Gasteiger partial charge in [0.1, 0.15) is 5.82 Å². The average molecular weight is 234 g/mol.